The van der Waals surface area contributed by atoms with Gasteiger partial charge in [0.1, 0.15) is 23.3 Å². The van der Waals surface area contributed by atoms with Gasteiger partial charge in [-0.05, 0) is 48.7 Å². The van der Waals surface area contributed by atoms with Crippen molar-refractivity contribution in [1.82, 2.24) is 4.90 Å². The molecule has 8 heteroatoms. The van der Waals surface area contributed by atoms with Crippen LogP contribution >= 0.6 is 11.8 Å². The fraction of sp³-hybridized carbons (Fsp3) is 0.324. The van der Waals surface area contributed by atoms with Crippen molar-refractivity contribution in [2.45, 2.75) is 36.4 Å². The van der Waals surface area contributed by atoms with Crippen molar-refractivity contribution in [2.24, 2.45) is 0 Å². The zero-order chi connectivity index (χ0) is 29.3. The highest BCUT2D eigenvalue weighted by molar-refractivity contribution is 7.99. The number of carboxylic acid groups (broad SMARTS) is 1. The smallest absolute Gasteiger partial charge is 0.137 e. The maximum atomic E-state index is 11.7. The number of carbonyl (C=O) groups excluding carboxylic acids is 1. The topological polar surface area (TPSA) is 80.3 Å². The molecule has 1 aliphatic heterocycles. The van der Waals surface area contributed by atoms with Crippen molar-refractivity contribution < 1.29 is 28.8 Å². The summed E-state index contributed by atoms with van der Waals surface area (Å²) in [5, 5.41) is 13.6. The van der Waals surface area contributed by atoms with E-state index in [2.05, 4.69) is 36.4 Å². The molecule has 1 heterocycles. The van der Waals surface area contributed by atoms with Crippen LogP contribution in [0, 0.1) is 0 Å². The lowest BCUT2D eigenvalue weighted by molar-refractivity contribution is -0.268. The van der Waals surface area contributed by atoms with Gasteiger partial charge in [-0.1, -0.05) is 54.6 Å². The summed E-state index contributed by atoms with van der Waals surface area (Å²) in [4.78, 5) is 14.3. The van der Waals surface area contributed by atoms with E-state index in [0.717, 1.165) is 51.3 Å². The summed E-state index contributed by atoms with van der Waals surface area (Å²) in [5.41, 5.74) is 1.93. The van der Waals surface area contributed by atoms with E-state index < -0.39 is 6.09 Å². The second-order valence-corrected chi connectivity index (χ2v) is 11.4. The first kappa shape index (κ1) is 29.6. The number of piperidine rings is 1. The average Bonchev–Trinajstić information content (AvgIpc) is 3.03. The Labute approximate surface area is 251 Å². The fourth-order valence-corrected chi connectivity index (χ4v) is 6.33. The van der Waals surface area contributed by atoms with E-state index >= 15 is 0 Å². The van der Waals surface area contributed by atoms with Gasteiger partial charge in [-0.25, -0.2) is 0 Å². The van der Waals surface area contributed by atoms with E-state index in [1.165, 1.54) is 9.80 Å². The van der Waals surface area contributed by atoms with E-state index in [0.29, 0.717) is 19.6 Å². The predicted molar refractivity (Wildman–Crippen MR) is 164 cm³/mol. The Hall–Kier alpha value is -3.88. The fourth-order valence-electron chi connectivity index (χ4n) is 5.48. The molecule has 0 N–H and O–H groups in total. The van der Waals surface area contributed by atoms with Crippen LogP contribution in [-0.4, -0.2) is 56.8 Å². The van der Waals surface area contributed by atoms with E-state index in [9.17, 15) is 9.90 Å². The number of nitrogens with zero attached hydrogens (tertiary/aromatic N) is 1. The lowest BCUT2D eigenvalue weighted by atomic mass is 9.87. The van der Waals surface area contributed by atoms with Crippen molar-refractivity contribution in [3.8, 4) is 17.2 Å². The van der Waals surface area contributed by atoms with Crippen molar-refractivity contribution >= 4 is 28.6 Å². The summed E-state index contributed by atoms with van der Waals surface area (Å²) in [6.07, 6.45) is 0.0390. The van der Waals surface area contributed by atoms with Crippen LogP contribution in [0.2, 0.25) is 0 Å². The SMILES string of the molecule is COc1cc(COC2CN(C(=O)[O-])CCC2c2ccc(OCCCSc3ccccc3)cc2)c(OC)c2ccccc12. The summed E-state index contributed by atoms with van der Waals surface area (Å²) in [6.45, 7) is 1.52. The number of methoxy groups -OCH3 is 2. The molecule has 2 atom stereocenters. The predicted octanol–water partition coefficient (Wildman–Crippen LogP) is 6.14. The molecule has 42 heavy (non-hydrogen) atoms. The van der Waals surface area contributed by atoms with Crippen LogP contribution in [0.1, 0.15) is 29.9 Å². The molecule has 4 aromatic carbocycles. The Kier molecular flexibility index (Phi) is 10.1. The van der Waals surface area contributed by atoms with E-state index in [1.54, 1.807) is 14.2 Å². The molecule has 7 nitrogen and oxygen atoms in total. The minimum absolute atomic E-state index is 0.0188. The number of benzene rings is 4. The minimum atomic E-state index is -1.18. The van der Waals surface area contributed by atoms with Gasteiger partial charge in [0.05, 0.1) is 33.5 Å². The third-order valence-corrected chi connectivity index (χ3v) is 8.70. The van der Waals surface area contributed by atoms with Gasteiger partial charge in [-0.2, -0.15) is 0 Å². The molecule has 0 aliphatic carbocycles. The Balaban J connectivity index is 1.25. The second kappa shape index (κ2) is 14.3. The first-order valence-electron chi connectivity index (χ1n) is 14.2. The summed E-state index contributed by atoms with van der Waals surface area (Å²) in [7, 11) is 3.29. The number of hydrogen-bond donors (Lipinski definition) is 0. The summed E-state index contributed by atoms with van der Waals surface area (Å²) in [6, 6.07) is 28.3. The van der Waals surface area contributed by atoms with Gasteiger partial charge in [-0.3, -0.25) is 0 Å². The molecular formula is C34H36NO6S-. The Morgan fingerprint density at radius 2 is 1.69 bits per heavy atom. The van der Waals surface area contributed by atoms with Gasteiger partial charge in [0.2, 0.25) is 0 Å². The van der Waals surface area contributed by atoms with Crippen LogP contribution in [-0.2, 0) is 11.3 Å². The van der Waals surface area contributed by atoms with Crippen molar-refractivity contribution in [1.29, 1.82) is 0 Å². The van der Waals surface area contributed by atoms with Crippen LogP contribution in [0.3, 0.4) is 0 Å². The Bertz CT molecular complexity index is 1460. The Morgan fingerprint density at radius 3 is 2.40 bits per heavy atom. The molecule has 0 spiro atoms. The lowest BCUT2D eigenvalue weighted by Crippen LogP contribution is -2.51. The molecule has 1 amide bonds. The first-order valence-corrected chi connectivity index (χ1v) is 15.2. The number of hydrogen-bond acceptors (Lipinski definition) is 7. The molecular weight excluding hydrogens is 550 g/mol. The summed E-state index contributed by atoms with van der Waals surface area (Å²) in [5.74, 6) is 3.28. The highest BCUT2D eigenvalue weighted by Gasteiger charge is 2.32. The normalized spacial score (nSPS) is 16.8. The van der Waals surface area contributed by atoms with Crippen LogP contribution in [0.4, 0.5) is 4.79 Å². The minimum Gasteiger partial charge on any atom is -0.530 e. The number of likely N-dealkylation sites (tertiary alicyclic amines) is 1. The first-order chi connectivity index (χ1) is 20.6. The molecule has 0 aromatic heterocycles. The van der Waals surface area contributed by atoms with Gasteiger partial charge in [0.15, 0.2) is 0 Å². The molecule has 1 saturated heterocycles. The van der Waals surface area contributed by atoms with Gasteiger partial charge >= 0.3 is 0 Å². The highest BCUT2D eigenvalue weighted by Crippen LogP contribution is 2.38. The molecule has 5 rings (SSSR count). The molecule has 4 aromatic rings. The largest absolute Gasteiger partial charge is 0.530 e. The number of rotatable bonds is 12. The monoisotopic (exact) mass is 586 g/mol. The molecule has 0 radical (unpaired) electrons. The summed E-state index contributed by atoms with van der Waals surface area (Å²) >= 11 is 1.83. The number of ether oxygens (including phenoxy) is 4. The average molecular weight is 587 g/mol. The van der Waals surface area contributed by atoms with E-state index in [-0.39, 0.29) is 25.2 Å². The van der Waals surface area contributed by atoms with E-state index in [1.807, 2.05) is 60.3 Å². The van der Waals surface area contributed by atoms with Crippen LogP contribution < -0.4 is 19.3 Å². The Morgan fingerprint density at radius 1 is 0.952 bits per heavy atom. The third kappa shape index (κ3) is 7.12. The number of amides is 1. The van der Waals surface area contributed by atoms with E-state index in [4.69, 9.17) is 18.9 Å². The number of carbonyl (C=O) groups is 1. The molecule has 220 valence electrons. The molecule has 0 saturated carbocycles. The second-order valence-electron chi connectivity index (χ2n) is 10.2. The van der Waals surface area contributed by atoms with Crippen LogP contribution in [0.25, 0.3) is 10.8 Å². The van der Waals surface area contributed by atoms with Crippen LogP contribution in [0.5, 0.6) is 17.2 Å². The zero-order valence-electron chi connectivity index (χ0n) is 24.0. The van der Waals surface area contributed by atoms with Crippen molar-refractivity contribution in [3.05, 3.63) is 96.1 Å². The quantitative estimate of drug-likeness (QED) is 0.146. The zero-order valence-corrected chi connectivity index (χ0v) is 24.8. The lowest BCUT2D eigenvalue weighted by Gasteiger charge is -2.40. The maximum Gasteiger partial charge on any atom is 0.137 e. The maximum absolute atomic E-state index is 11.7. The standard InChI is InChI=1S/C34H37NO6S/c1-38-31-21-25(33(39-2)30-12-7-6-11-29(30)31)23-41-32-22-35(34(36)37)18-17-28(32)24-13-15-26(16-14-24)40-19-8-20-42-27-9-4-3-5-10-27/h3-7,9-16,21,28,32H,8,17-20,22-23H2,1-2H3,(H,36,37)/p-1. The number of thioether (sulfide) groups is 1. The molecule has 0 bridgehead atoms. The van der Waals surface area contributed by atoms with Gasteiger partial charge in [-0.15, -0.1) is 11.8 Å². The molecule has 2 unspecified atom stereocenters. The highest BCUT2D eigenvalue weighted by atomic mass is 32.2. The van der Waals surface area contributed by atoms with Gasteiger partial charge < -0.3 is 33.7 Å². The third-order valence-electron chi connectivity index (χ3n) is 7.61. The van der Waals surface area contributed by atoms with Crippen molar-refractivity contribution in [3.63, 3.8) is 0 Å². The molecule has 1 aliphatic rings. The van der Waals surface area contributed by atoms with Gasteiger partial charge in [0, 0.05) is 46.0 Å². The van der Waals surface area contributed by atoms with Gasteiger partial charge in [0.25, 0.3) is 0 Å². The van der Waals surface area contributed by atoms with Crippen molar-refractivity contribution in [2.75, 3.05) is 39.7 Å². The molecule has 1 fully saturated rings. The van der Waals surface area contributed by atoms with Crippen LogP contribution in [0.15, 0.2) is 89.8 Å². The number of fused-ring (bicyclic) bond motifs is 1. The summed E-state index contributed by atoms with van der Waals surface area (Å²) < 4.78 is 23.9.